The van der Waals surface area contributed by atoms with Crippen LogP contribution in [-0.4, -0.2) is 27.2 Å². The van der Waals surface area contributed by atoms with Gasteiger partial charge < -0.3 is 0 Å². The molecule has 0 amide bonds. The van der Waals surface area contributed by atoms with Crippen molar-refractivity contribution in [2.24, 2.45) is 0 Å². The molecule has 0 saturated carbocycles. The zero-order chi connectivity index (χ0) is 11.5. The Bertz CT molecular complexity index is 339. The number of hydrogen-bond donors (Lipinski definition) is 0. The lowest BCUT2D eigenvalue weighted by Gasteiger charge is -2.26. The number of halogens is 1. The lowest BCUT2D eigenvalue weighted by atomic mass is 10.1. The van der Waals surface area contributed by atoms with E-state index in [0.29, 0.717) is 17.2 Å². The van der Waals surface area contributed by atoms with Crippen LogP contribution in [0.4, 0.5) is 0 Å². The number of nitrogens with zero attached hydrogens (tertiary/aromatic N) is 3. The van der Waals surface area contributed by atoms with E-state index >= 15 is 0 Å². The molecule has 2 atom stereocenters. The van der Waals surface area contributed by atoms with Crippen LogP contribution in [0, 0.1) is 0 Å². The molecule has 16 heavy (non-hydrogen) atoms. The molecule has 4 heteroatoms. The summed E-state index contributed by atoms with van der Waals surface area (Å²) >= 11 is 5.73. The highest BCUT2D eigenvalue weighted by atomic mass is 35.5. The average Bonchev–Trinajstić information content (AvgIpc) is 2.63. The first kappa shape index (κ1) is 11.8. The van der Waals surface area contributed by atoms with Gasteiger partial charge in [0.05, 0.1) is 5.69 Å². The lowest BCUT2D eigenvalue weighted by molar-refractivity contribution is 0.187. The maximum atomic E-state index is 5.73. The quantitative estimate of drug-likeness (QED) is 0.812. The van der Waals surface area contributed by atoms with Crippen molar-refractivity contribution in [3.63, 3.8) is 0 Å². The van der Waals surface area contributed by atoms with Gasteiger partial charge in [-0.1, -0.05) is 18.5 Å². The number of hydrogen-bond acceptors (Lipinski definition) is 3. The minimum atomic E-state index is 0.463. The van der Waals surface area contributed by atoms with E-state index in [1.165, 1.54) is 19.3 Å². The van der Waals surface area contributed by atoms with Crippen molar-refractivity contribution in [1.29, 1.82) is 0 Å². The summed E-state index contributed by atoms with van der Waals surface area (Å²) < 4.78 is 0. The van der Waals surface area contributed by atoms with Crippen molar-refractivity contribution in [1.82, 2.24) is 15.1 Å². The molecule has 0 aromatic carbocycles. The first-order valence-electron chi connectivity index (χ1n) is 5.94. The molecule has 0 spiro atoms. The van der Waals surface area contributed by atoms with Gasteiger partial charge in [0, 0.05) is 18.6 Å². The van der Waals surface area contributed by atoms with Crippen molar-refractivity contribution in [2.75, 3.05) is 0 Å². The van der Waals surface area contributed by atoms with Crippen LogP contribution in [0.15, 0.2) is 12.1 Å². The summed E-state index contributed by atoms with van der Waals surface area (Å²) in [5.41, 5.74) is 1.01. The standard InChI is InChI=1S/C12H18ClN3/c1-3-11-6-4-9(2)16(11)8-10-5-7-12(13)15-14-10/h5,7,9,11H,3-4,6,8H2,1-2H3. The SMILES string of the molecule is CCC1CCC(C)N1Cc1ccc(Cl)nn1. The van der Waals surface area contributed by atoms with Crippen LogP contribution < -0.4 is 0 Å². The van der Waals surface area contributed by atoms with Gasteiger partial charge in [0.1, 0.15) is 0 Å². The van der Waals surface area contributed by atoms with Gasteiger partial charge in [-0.05, 0) is 38.3 Å². The Labute approximate surface area is 102 Å². The summed E-state index contributed by atoms with van der Waals surface area (Å²) in [7, 11) is 0. The van der Waals surface area contributed by atoms with Crippen LogP contribution in [0.1, 0.15) is 38.8 Å². The maximum absolute atomic E-state index is 5.73. The Hall–Kier alpha value is -0.670. The predicted octanol–water partition coefficient (Wildman–Crippen LogP) is 2.89. The molecule has 0 aliphatic carbocycles. The third-order valence-corrected chi connectivity index (χ3v) is 3.66. The summed E-state index contributed by atoms with van der Waals surface area (Å²) in [6.45, 7) is 5.44. The summed E-state index contributed by atoms with van der Waals surface area (Å²) in [5.74, 6) is 0. The molecule has 1 saturated heterocycles. The van der Waals surface area contributed by atoms with Crippen molar-refractivity contribution < 1.29 is 0 Å². The molecule has 1 aromatic heterocycles. The van der Waals surface area contributed by atoms with Crippen LogP contribution in [-0.2, 0) is 6.54 Å². The van der Waals surface area contributed by atoms with Gasteiger partial charge in [-0.2, -0.15) is 5.10 Å². The molecule has 1 aliphatic heterocycles. The summed E-state index contributed by atoms with van der Waals surface area (Å²) in [6, 6.07) is 5.13. The minimum absolute atomic E-state index is 0.463. The van der Waals surface area contributed by atoms with E-state index < -0.39 is 0 Å². The number of aromatic nitrogens is 2. The number of likely N-dealkylation sites (tertiary alicyclic amines) is 1. The van der Waals surface area contributed by atoms with Crippen molar-refractivity contribution >= 4 is 11.6 Å². The molecular formula is C12H18ClN3. The Kier molecular flexibility index (Phi) is 3.77. The molecule has 2 rings (SSSR count). The molecule has 1 aliphatic rings. The number of rotatable bonds is 3. The topological polar surface area (TPSA) is 29.0 Å². The van der Waals surface area contributed by atoms with Gasteiger partial charge >= 0.3 is 0 Å². The molecule has 1 fully saturated rings. The van der Waals surface area contributed by atoms with Crippen molar-refractivity contribution in [3.05, 3.63) is 23.0 Å². The Morgan fingerprint density at radius 2 is 2.19 bits per heavy atom. The smallest absolute Gasteiger partial charge is 0.151 e. The molecule has 3 nitrogen and oxygen atoms in total. The van der Waals surface area contributed by atoms with Gasteiger partial charge in [0.25, 0.3) is 0 Å². The fourth-order valence-electron chi connectivity index (χ4n) is 2.46. The zero-order valence-electron chi connectivity index (χ0n) is 9.86. The van der Waals surface area contributed by atoms with Crippen LogP contribution in [0.25, 0.3) is 0 Å². The molecule has 0 radical (unpaired) electrons. The van der Waals surface area contributed by atoms with Gasteiger partial charge in [0.2, 0.25) is 0 Å². The summed E-state index contributed by atoms with van der Waals surface area (Å²) in [6.07, 6.45) is 3.81. The zero-order valence-corrected chi connectivity index (χ0v) is 10.6. The fourth-order valence-corrected chi connectivity index (χ4v) is 2.56. The predicted molar refractivity (Wildman–Crippen MR) is 65.4 cm³/mol. The first-order valence-corrected chi connectivity index (χ1v) is 6.32. The van der Waals surface area contributed by atoms with Crippen LogP contribution >= 0.6 is 11.6 Å². The van der Waals surface area contributed by atoms with Gasteiger partial charge in [-0.25, -0.2) is 0 Å². The second-order valence-electron chi connectivity index (χ2n) is 4.51. The second-order valence-corrected chi connectivity index (χ2v) is 4.90. The third-order valence-electron chi connectivity index (χ3n) is 3.46. The van der Waals surface area contributed by atoms with Gasteiger partial charge in [-0.3, -0.25) is 4.90 Å². The summed E-state index contributed by atoms with van der Waals surface area (Å²) in [4.78, 5) is 2.53. The highest BCUT2D eigenvalue weighted by molar-refractivity contribution is 6.29. The molecule has 0 N–H and O–H groups in total. The average molecular weight is 240 g/mol. The lowest BCUT2D eigenvalue weighted by Crippen LogP contribution is -2.33. The largest absolute Gasteiger partial charge is 0.292 e. The van der Waals surface area contributed by atoms with Gasteiger partial charge in [0.15, 0.2) is 5.15 Å². The van der Waals surface area contributed by atoms with Crippen molar-refractivity contribution in [2.45, 2.75) is 51.7 Å². The third kappa shape index (κ3) is 2.53. The molecule has 88 valence electrons. The van der Waals surface area contributed by atoms with E-state index in [4.69, 9.17) is 11.6 Å². The Balaban J connectivity index is 2.05. The molecular weight excluding hydrogens is 222 g/mol. The molecule has 1 aromatic rings. The minimum Gasteiger partial charge on any atom is -0.292 e. The van der Waals surface area contributed by atoms with E-state index in [0.717, 1.165) is 12.2 Å². The van der Waals surface area contributed by atoms with Crippen molar-refractivity contribution in [3.8, 4) is 0 Å². The Morgan fingerprint density at radius 1 is 1.38 bits per heavy atom. The highest BCUT2D eigenvalue weighted by Crippen LogP contribution is 2.27. The Morgan fingerprint density at radius 3 is 2.81 bits per heavy atom. The summed E-state index contributed by atoms with van der Waals surface area (Å²) in [5, 5.41) is 8.47. The maximum Gasteiger partial charge on any atom is 0.151 e. The van der Waals surface area contributed by atoms with Crippen LogP contribution in [0.2, 0.25) is 5.15 Å². The van der Waals surface area contributed by atoms with Gasteiger partial charge in [-0.15, -0.1) is 5.10 Å². The van der Waals surface area contributed by atoms with E-state index in [9.17, 15) is 0 Å². The first-order chi connectivity index (χ1) is 7.70. The normalized spacial score (nSPS) is 26.2. The second kappa shape index (κ2) is 5.11. The monoisotopic (exact) mass is 239 g/mol. The molecule has 0 bridgehead atoms. The van der Waals surface area contributed by atoms with Crippen LogP contribution in [0.3, 0.4) is 0 Å². The van der Waals surface area contributed by atoms with E-state index in [2.05, 4.69) is 28.9 Å². The fraction of sp³-hybridized carbons (Fsp3) is 0.667. The molecule has 2 heterocycles. The van der Waals surface area contributed by atoms with Crippen LogP contribution in [0.5, 0.6) is 0 Å². The van der Waals surface area contributed by atoms with E-state index in [1.54, 1.807) is 0 Å². The van der Waals surface area contributed by atoms with E-state index in [-0.39, 0.29) is 0 Å². The van der Waals surface area contributed by atoms with E-state index in [1.807, 2.05) is 12.1 Å². The highest BCUT2D eigenvalue weighted by Gasteiger charge is 2.29. The molecule has 2 unspecified atom stereocenters.